The van der Waals surface area contributed by atoms with Crippen molar-refractivity contribution in [3.63, 3.8) is 0 Å². The molecule has 0 saturated heterocycles. The predicted octanol–water partition coefficient (Wildman–Crippen LogP) is 3.76. The van der Waals surface area contributed by atoms with Crippen LogP contribution < -0.4 is 9.46 Å². The van der Waals surface area contributed by atoms with E-state index in [-0.39, 0.29) is 18.3 Å². The van der Waals surface area contributed by atoms with Crippen molar-refractivity contribution >= 4 is 31.8 Å². The van der Waals surface area contributed by atoms with Crippen LogP contribution in [0.5, 0.6) is 5.88 Å². The quantitative estimate of drug-likeness (QED) is 0.634. The lowest BCUT2D eigenvalue weighted by atomic mass is 10.2. The van der Waals surface area contributed by atoms with Crippen LogP contribution in [0, 0.1) is 5.82 Å². The van der Waals surface area contributed by atoms with E-state index < -0.39 is 20.7 Å². The highest BCUT2D eigenvalue weighted by atomic mass is 79.9. The molecule has 0 spiro atoms. The number of anilines is 1. The number of halogens is 2. The smallest absolute Gasteiger partial charge is 0.266 e. The maximum atomic E-state index is 13.8. The molecule has 1 N–H and O–H groups in total. The second-order valence-corrected chi connectivity index (χ2v) is 7.62. The van der Waals surface area contributed by atoms with Gasteiger partial charge in [-0.15, -0.1) is 0 Å². The van der Waals surface area contributed by atoms with Gasteiger partial charge in [0, 0.05) is 0 Å². The van der Waals surface area contributed by atoms with Gasteiger partial charge < -0.3 is 4.74 Å². The third-order valence-electron chi connectivity index (χ3n) is 3.29. The molecule has 1 heterocycles. The fourth-order valence-corrected chi connectivity index (χ4v) is 3.44. The number of nitrogens with zero attached hydrogens (tertiary/aromatic N) is 2. The Labute approximate surface area is 158 Å². The minimum absolute atomic E-state index is 0.0249. The molecule has 134 valence electrons. The Balaban J connectivity index is 1.87. The van der Waals surface area contributed by atoms with Crippen molar-refractivity contribution < 1.29 is 17.5 Å². The lowest BCUT2D eigenvalue weighted by Gasteiger charge is -2.12. The fraction of sp³-hybridized carbons (Fsp3) is 0.0588. The van der Waals surface area contributed by atoms with Crippen LogP contribution in [0.2, 0.25) is 0 Å². The number of rotatable bonds is 6. The summed E-state index contributed by atoms with van der Waals surface area (Å²) in [5.41, 5.74) is 0.872. The van der Waals surface area contributed by atoms with Gasteiger partial charge in [-0.25, -0.2) is 22.8 Å². The first-order valence-electron chi connectivity index (χ1n) is 7.42. The zero-order valence-electron chi connectivity index (χ0n) is 13.3. The third-order valence-corrected chi connectivity index (χ3v) is 5.04. The molecule has 0 aliphatic carbocycles. The first-order valence-corrected chi connectivity index (χ1v) is 9.70. The first-order chi connectivity index (χ1) is 12.5. The standard InChI is InChI=1S/C17H13BrFN3O3S/c18-15-10-20-16(17(21-15)25-11-12-6-2-1-3-7-12)22-26(23,24)14-9-5-4-8-13(14)19/h1-10H,11H2,(H,20,22). The van der Waals surface area contributed by atoms with Crippen LogP contribution in [0.3, 0.4) is 0 Å². The monoisotopic (exact) mass is 437 g/mol. The molecule has 3 aromatic rings. The largest absolute Gasteiger partial charge is 0.470 e. The number of sulfonamides is 1. The molecule has 0 radical (unpaired) electrons. The van der Waals surface area contributed by atoms with Crippen molar-refractivity contribution in [1.29, 1.82) is 0 Å². The Bertz CT molecular complexity index is 1020. The zero-order chi connectivity index (χ0) is 18.6. The molecule has 9 heteroatoms. The van der Waals surface area contributed by atoms with E-state index in [9.17, 15) is 12.8 Å². The van der Waals surface area contributed by atoms with Crippen LogP contribution in [-0.4, -0.2) is 18.4 Å². The van der Waals surface area contributed by atoms with Crippen molar-refractivity contribution in [2.45, 2.75) is 11.5 Å². The maximum Gasteiger partial charge on any atom is 0.266 e. The minimum atomic E-state index is -4.19. The predicted molar refractivity (Wildman–Crippen MR) is 97.7 cm³/mol. The van der Waals surface area contributed by atoms with Crippen molar-refractivity contribution in [3.05, 3.63) is 76.8 Å². The highest BCUT2D eigenvalue weighted by Gasteiger charge is 2.22. The second kappa shape index (κ2) is 7.79. The average molecular weight is 438 g/mol. The summed E-state index contributed by atoms with van der Waals surface area (Å²) in [7, 11) is -4.19. The number of aromatic nitrogens is 2. The molecule has 26 heavy (non-hydrogen) atoms. The topological polar surface area (TPSA) is 81.2 Å². The second-order valence-electron chi connectivity index (χ2n) is 5.16. The Kier molecular flexibility index (Phi) is 5.48. The summed E-state index contributed by atoms with van der Waals surface area (Å²) in [6.07, 6.45) is 1.31. The van der Waals surface area contributed by atoms with Crippen LogP contribution in [0.1, 0.15) is 5.56 Å². The maximum absolute atomic E-state index is 13.8. The van der Waals surface area contributed by atoms with E-state index in [0.717, 1.165) is 17.7 Å². The number of nitrogens with one attached hydrogen (secondary N) is 1. The number of benzene rings is 2. The molecule has 0 bridgehead atoms. The Hall–Kier alpha value is -2.52. The summed E-state index contributed by atoms with van der Waals surface area (Å²) in [4.78, 5) is 7.60. The first kappa shape index (κ1) is 18.3. The lowest BCUT2D eigenvalue weighted by Crippen LogP contribution is -2.17. The number of ether oxygens (including phenoxy) is 1. The van der Waals surface area contributed by atoms with Crippen molar-refractivity contribution in [1.82, 2.24) is 9.97 Å². The summed E-state index contributed by atoms with van der Waals surface area (Å²) in [5.74, 6) is -1.02. The molecule has 2 aromatic carbocycles. The Morgan fingerprint density at radius 3 is 2.50 bits per heavy atom. The van der Waals surface area contributed by atoms with Crippen molar-refractivity contribution in [2.75, 3.05) is 4.72 Å². The zero-order valence-corrected chi connectivity index (χ0v) is 15.7. The van der Waals surface area contributed by atoms with E-state index in [2.05, 4.69) is 30.6 Å². The normalized spacial score (nSPS) is 11.2. The van der Waals surface area contributed by atoms with Crippen LogP contribution in [0.15, 0.2) is 70.3 Å². The minimum Gasteiger partial charge on any atom is -0.470 e. The van der Waals surface area contributed by atoms with Crippen molar-refractivity contribution in [2.24, 2.45) is 0 Å². The molecule has 0 unspecified atom stereocenters. The Morgan fingerprint density at radius 1 is 1.08 bits per heavy atom. The molecule has 6 nitrogen and oxygen atoms in total. The van der Waals surface area contributed by atoms with Gasteiger partial charge in [0.15, 0.2) is 0 Å². The molecule has 0 amide bonds. The highest BCUT2D eigenvalue weighted by Crippen LogP contribution is 2.26. The van der Waals surface area contributed by atoms with E-state index in [0.29, 0.717) is 4.60 Å². The van der Waals surface area contributed by atoms with E-state index in [4.69, 9.17) is 4.74 Å². The molecular formula is C17H13BrFN3O3S. The SMILES string of the molecule is O=S(=O)(Nc1ncc(Br)nc1OCc1ccccc1)c1ccccc1F. The molecule has 0 fully saturated rings. The lowest BCUT2D eigenvalue weighted by molar-refractivity contribution is 0.294. The molecular weight excluding hydrogens is 425 g/mol. The summed E-state index contributed by atoms with van der Waals surface area (Å²) in [6, 6.07) is 14.3. The fourth-order valence-electron chi connectivity index (χ4n) is 2.09. The molecule has 1 aromatic heterocycles. The summed E-state index contributed by atoms with van der Waals surface area (Å²) >= 11 is 3.17. The van der Waals surface area contributed by atoms with Gasteiger partial charge >= 0.3 is 0 Å². The van der Waals surface area contributed by atoms with E-state index >= 15 is 0 Å². The van der Waals surface area contributed by atoms with Gasteiger partial charge in [0.25, 0.3) is 15.9 Å². The summed E-state index contributed by atoms with van der Waals surface area (Å²) < 4.78 is 46.9. The van der Waals surface area contributed by atoms with Gasteiger partial charge in [0.1, 0.15) is 21.9 Å². The Morgan fingerprint density at radius 2 is 1.77 bits per heavy atom. The highest BCUT2D eigenvalue weighted by molar-refractivity contribution is 9.10. The van der Waals surface area contributed by atoms with E-state index in [1.165, 1.54) is 18.3 Å². The molecule has 0 saturated carbocycles. The van der Waals surface area contributed by atoms with E-state index in [1.807, 2.05) is 30.3 Å². The summed E-state index contributed by atoms with van der Waals surface area (Å²) in [6.45, 7) is 0.167. The van der Waals surface area contributed by atoms with Crippen LogP contribution in [0.4, 0.5) is 10.2 Å². The van der Waals surface area contributed by atoms with Gasteiger partial charge in [-0.1, -0.05) is 42.5 Å². The molecule has 0 aliphatic rings. The van der Waals surface area contributed by atoms with Crippen LogP contribution in [-0.2, 0) is 16.6 Å². The van der Waals surface area contributed by atoms with E-state index in [1.54, 1.807) is 0 Å². The molecule has 0 atom stereocenters. The number of hydrogen-bond donors (Lipinski definition) is 1. The van der Waals surface area contributed by atoms with Gasteiger partial charge in [-0.2, -0.15) is 0 Å². The van der Waals surface area contributed by atoms with Crippen LogP contribution >= 0.6 is 15.9 Å². The number of hydrogen-bond acceptors (Lipinski definition) is 5. The van der Waals surface area contributed by atoms with Gasteiger partial charge in [0.05, 0.1) is 6.20 Å². The van der Waals surface area contributed by atoms with Gasteiger partial charge in [0.2, 0.25) is 5.82 Å². The van der Waals surface area contributed by atoms with Crippen molar-refractivity contribution in [3.8, 4) is 5.88 Å². The molecule has 3 rings (SSSR count). The van der Waals surface area contributed by atoms with Crippen LogP contribution in [0.25, 0.3) is 0 Å². The summed E-state index contributed by atoms with van der Waals surface area (Å²) in [5, 5.41) is 0. The van der Waals surface area contributed by atoms with Gasteiger partial charge in [-0.3, -0.25) is 4.72 Å². The third kappa shape index (κ3) is 4.36. The average Bonchev–Trinajstić information content (AvgIpc) is 2.63. The van der Waals surface area contributed by atoms with Gasteiger partial charge in [-0.05, 0) is 33.6 Å². The molecule has 0 aliphatic heterocycles.